The molecule has 0 radical (unpaired) electrons. The molecule has 3 atom stereocenters. The molecule has 1 amide bonds. The Hall–Kier alpha value is -4.17. The Morgan fingerprint density at radius 2 is 2.07 bits per heavy atom. The molecule has 0 aromatic carbocycles. The number of hydrogen-bond donors (Lipinski definition) is 3. The molecule has 1 fully saturated rings. The van der Waals surface area contributed by atoms with Crippen molar-refractivity contribution in [2.75, 3.05) is 29.9 Å². The number of pyridine rings is 1. The standard InChI is InChI=1S/C28H27ClF3N7O4/c1-13-9-33-4-6-38(13)19-8-17(22(29)26(32)35-19)34-20(41)11-37-10-16(15-7-14(12-40)25(42)24(31)23(15)30)21-27(37)36-18-3-2-5-39(18)28(21)43/h7-8,10,12-13,23-24,33,42H,2-6,9,11H2,1H3,(H,34,35,41). The molecule has 11 nitrogen and oxygen atoms in total. The van der Waals surface area contributed by atoms with E-state index in [1.807, 2.05) is 11.8 Å². The van der Waals surface area contributed by atoms with Crippen LogP contribution < -0.4 is 21.1 Å². The molecule has 0 saturated carbocycles. The fourth-order valence-electron chi connectivity index (χ4n) is 5.81. The van der Waals surface area contributed by atoms with Crippen LogP contribution in [0.25, 0.3) is 16.6 Å². The van der Waals surface area contributed by atoms with Crippen molar-refractivity contribution in [1.29, 1.82) is 0 Å². The van der Waals surface area contributed by atoms with E-state index in [1.54, 1.807) is 0 Å². The average Bonchev–Trinajstić information content (AvgIpc) is 3.60. The number of aryl methyl sites for hydroxylation is 1. The molecule has 5 heterocycles. The van der Waals surface area contributed by atoms with Crippen molar-refractivity contribution < 1.29 is 27.9 Å². The topological polar surface area (TPSA) is 134 Å². The fourth-order valence-corrected chi connectivity index (χ4v) is 5.96. The van der Waals surface area contributed by atoms with Crippen LogP contribution in [-0.2, 0) is 29.1 Å². The molecule has 226 valence electrons. The maximum atomic E-state index is 15.2. The number of anilines is 2. The number of rotatable bonds is 6. The van der Waals surface area contributed by atoms with Crippen LogP contribution in [0.4, 0.5) is 24.7 Å². The van der Waals surface area contributed by atoms with E-state index in [-0.39, 0.29) is 45.2 Å². The minimum Gasteiger partial charge on any atom is -0.508 e. The number of nitrogens with zero attached hydrogens (tertiary/aromatic N) is 5. The molecule has 3 aromatic rings. The van der Waals surface area contributed by atoms with Crippen molar-refractivity contribution in [3.63, 3.8) is 0 Å². The van der Waals surface area contributed by atoms with Crippen LogP contribution in [0.5, 0.6) is 0 Å². The molecular formula is C28H27ClF3N7O4. The molecule has 3 aliphatic rings. The number of amides is 1. The van der Waals surface area contributed by atoms with Gasteiger partial charge in [-0.05, 0) is 25.0 Å². The molecule has 3 unspecified atom stereocenters. The van der Waals surface area contributed by atoms with E-state index in [0.29, 0.717) is 50.7 Å². The first-order chi connectivity index (χ1) is 20.6. The van der Waals surface area contributed by atoms with Gasteiger partial charge in [-0.1, -0.05) is 11.6 Å². The third-order valence-electron chi connectivity index (χ3n) is 7.98. The number of fused-ring (bicyclic) bond motifs is 2. The maximum Gasteiger partial charge on any atom is 0.263 e. The van der Waals surface area contributed by atoms with Crippen LogP contribution in [0.2, 0.25) is 5.02 Å². The number of carbonyl (C=O) groups is 2. The summed E-state index contributed by atoms with van der Waals surface area (Å²) >= 11 is 6.16. The zero-order valence-electron chi connectivity index (χ0n) is 22.9. The molecule has 0 bridgehead atoms. The van der Waals surface area contributed by atoms with Gasteiger partial charge in [-0.15, -0.1) is 0 Å². The predicted molar refractivity (Wildman–Crippen MR) is 153 cm³/mol. The van der Waals surface area contributed by atoms with E-state index < -0.39 is 47.6 Å². The minimum atomic E-state index is -2.52. The van der Waals surface area contributed by atoms with Crippen molar-refractivity contribution in [1.82, 2.24) is 24.4 Å². The lowest BCUT2D eigenvalue weighted by atomic mass is 9.90. The summed E-state index contributed by atoms with van der Waals surface area (Å²) in [7, 11) is 0. The Morgan fingerprint density at radius 3 is 2.81 bits per heavy atom. The molecule has 43 heavy (non-hydrogen) atoms. The van der Waals surface area contributed by atoms with Crippen molar-refractivity contribution in [3.8, 4) is 0 Å². The van der Waals surface area contributed by atoms with Gasteiger partial charge in [0.05, 0.1) is 16.6 Å². The highest BCUT2D eigenvalue weighted by atomic mass is 35.5. The van der Waals surface area contributed by atoms with Gasteiger partial charge in [-0.25, -0.2) is 18.7 Å². The van der Waals surface area contributed by atoms with Crippen LogP contribution in [-0.4, -0.2) is 74.4 Å². The Morgan fingerprint density at radius 1 is 1.28 bits per heavy atom. The van der Waals surface area contributed by atoms with Gasteiger partial charge in [0.2, 0.25) is 11.9 Å². The predicted octanol–water partition coefficient (Wildman–Crippen LogP) is 2.85. The van der Waals surface area contributed by atoms with Gasteiger partial charge in [0.25, 0.3) is 5.56 Å². The second-order valence-electron chi connectivity index (χ2n) is 10.7. The first-order valence-electron chi connectivity index (χ1n) is 13.7. The van der Waals surface area contributed by atoms with Gasteiger partial charge in [-0.2, -0.15) is 4.39 Å². The number of alkyl halides is 2. The number of halogens is 4. The first-order valence-corrected chi connectivity index (χ1v) is 14.1. The van der Waals surface area contributed by atoms with E-state index in [2.05, 4.69) is 20.6 Å². The number of carbonyl (C=O) groups excluding carboxylic acids is 2. The highest BCUT2D eigenvalue weighted by Crippen LogP contribution is 2.37. The fraction of sp³-hybridized carbons (Fsp3) is 0.393. The minimum absolute atomic E-state index is 0.0100. The van der Waals surface area contributed by atoms with Gasteiger partial charge in [0.1, 0.15) is 34.6 Å². The van der Waals surface area contributed by atoms with Crippen molar-refractivity contribution in [3.05, 3.63) is 62.4 Å². The van der Waals surface area contributed by atoms with Gasteiger partial charge < -0.3 is 25.2 Å². The van der Waals surface area contributed by atoms with Crippen molar-refractivity contribution in [2.45, 2.75) is 51.2 Å². The summed E-state index contributed by atoms with van der Waals surface area (Å²) in [6.07, 6.45) is -1.30. The first kappa shape index (κ1) is 28.9. The molecule has 1 aliphatic carbocycles. The zero-order valence-corrected chi connectivity index (χ0v) is 23.7. The van der Waals surface area contributed by atoms with Gasteiger partial charge in [-0.3, -0.25) is 19.0 Å². The molecule has 1 saturated heterocycles. The quantitative estimate of drug-likeness (QED) is 0.284. The Bertz CT molecular complexity index is 1790. The number of aromatic nitrogens is 4. The van der Waals surface area contributed by atoms with Crippen molar-refractivity contribution >= 4 is 51.9 Å². The van der Waals surface area contributed by atoms with Crippen LogP contribution in [0, 0.1) is 5.95 Å². The van der Waals surface area contributed by atoms with E-state index in [9.17, 15) is 28.3 Å². The lowest BCUT2D eigenvalue weighted by molar-refractivity contribution is -0.116. The molecule has 2 aliphatic heterocycles. The highest BCUT2D eigenvalue weighted by molar-refractivity contribution is 6.33. The molecule has 0 spiro atoms. The molecular weight excluding hydrogens is 591 g/mol. The Labute approximate surface area is 247 Å². The van der Waals surface area contributed by atoms with E-state index in [4.69, 9.17) is 11.6 Å². The third-order valence-corrected chi connectivity index (χ3v) is 8.34. The monoisotopic (exact) mass is 617 g/mol. The van der Waals surface area contributed by atoms with Crippen LogP contribution in [0.15, 0.2) is 34.5 Å². The number of allylic oxidation sites excluding steroid dienone is 4. The number of aliphatic hydroxyl groups is 1. The number of aldehydes is 1. The Kier molecular flexibility index (Phi) is 7.50. The lowest BCUT2D eigenvalue weighted by Crippen LogP contribution is -2.50. The smallest absolute Gasteiger partial charge is 0.263 e. The summed E-state index contributed by atoms with van der Waals surface area (Å²) in [6, 6.07) is 1.49. The average molecular weight is 618 g/mol. The SMILES string of the molecule is CC1CNCCN1c1cc(NC(=O)Cn2cc(C3=CC(C=O)=C(O)C(F)C3F)c3c(=O)n4c(nc32)CCC4)c(Cl)c(F)n1. The summed E-state index contributed by atoms with van der Waals surface area (Å²) in [5.41, 5.74) is -1.33. The number of nitrogens with one attached hydrogen (secondary N) is 2. The van der Waals surface area contributed by atoms with Crippen LogP contribution >= 0.6 is 11.6 Å². The third kappa shape index (κ3) is 4.97. The summed E-state index contributed by atoms with van der Waals surface area (Å²) < 4.78 is 47.4. The summed E-state index contributed by atoms with van der Waals surface area (Å²) in [6.45, 7) is 3.78. The van der Waals surface area contributed by atoms with Crippen LogP contribution in [0.1, 0.15) is 24.7 Å². The summed E-state index contributed by atoms with van der Waals surface area (Å²) in [4.78, 5) is 48.7. The maximum absolute atomic E-state index is 15.2. The van der Waals surface area contributed by atoms with Gasteiger partial charge in [0.15, 0.2) is 18.6 Å². The lowest BCUT2D eigenvalue weighted by Gasteiger charge is -2.35. The normalized spacial score (nSPS) is 22.1. The molecule has 3 aromatic heterocycles. The second kappa shape index (κ2) is 11.2. The summed E-state index contributed by atoms with van der Waals surface area (Å²) in [5, 5.41) is 15.3. The largest absolute Gasteiger partial charge is 0.508 e. The molecule has 6 rings (SSSR count). The van der Waals surface area contributed by atoms with Gasteiger partial charge >= 0.3 is 0 Å². The molecule has 3 N–H and O–H groups in total. The highest BCUT2D eigenvalue weighted by Gasteiger charge is 2.37. The number of hydrogen-bond acceptors (Lipinski definition) is 8. The second-order valence-corrected chi connectivity index (χ2v) is 11.1. The number of piperazine rings is 1. The number of aliphatic hydroxyl groups excluding tert-OH is 1. The van der Waals surface area contributed by atoms with Crippen LogP contribution in [0.3, 0.4) is 0 Å². The van der Waals surface area contributed by atoms with Gasteiger partial charge in [0, 0.05) is 56.5 Å². The van der Waals surface area contributed by atoms with E-state index in [0.717, 1.165) is 6.08 Å². The van der Waals surface area contributed by atoms with E-state index in [1.165, 1.54) is 21.4 Å². The summed E-state index contributed by atoms with van der Waals surface area (Å²) in [5.74, 6) is -1.89. The van der Waals surface area contributed by atoms with E-state index >= 15 is 4.39 Å². The zero-order chi connectivity index (χ0) is 30.6. The molecule has 15 heteroatoms. The van der Waals surface area contributed by atoms with Crippen molar-refractivity contribution in [2.24, 2.45) is 0 Å². The Balaban J connectivity index is 1.39.